The molecule has 0 fully saturated rings. The third-order valence-electron chi connectivity index (χ3n) is 10.8. The van der Waals surface area contributed by atoms with Gasteiger partial charge < -0.3 is 13.6 Å². The maximum Gasteiger partial charge on any atom is 0.194 e. The van der Waals surface area contributed by atoms with Crippen molar-refractivity contribution in [3.8, 4) is 33.6 Å². The van der Waals surface area contributed by atoms with E-state index in [1.54, 1.807) is 0 Å². The lowest BCUT2D eigenvalue weighted by Gasteiger charge is -2.18. The van der Waals surface area contributed by atoms with E-state index in [-0.39, 0.29) is 0 Å². The van der Waals surface area contributed by atoms with E-state index in [1.165, 1.54) is 16.2 Å². The maximum absolute atomic E-state index is 7.72. The molecule has 0 radical (unpaired) electrons. The number of aromatic nitrogens is 2. The molecule has 0 amide bonds. The average molecular weight is 676 g/mol. The van der Waals surface area contributed by atoms with Crippen LogP contribution in [0.1, 0.15) is 0 Å². The number of hydrogen-bond acceptors (Lipinski definition) is 1. The second-order valence-corrected chi connectivity index (χ2v) is 13.6. The Morgan fingerprint density at radius 3 is 1.68 bits per heavy atom. The van der Waals surface area contributed by atoms with Gasteiger partial charge in [0.1, 0.15) is 5.58 Å². The van der Waals surface area contributed by atoms with E-state index in [9.17, 15) is 0 Å². The summed E-state index contributed by atoms with van der Waals surface area (Å²) in [4.78, 5) is 3.78. The molecule has 246 valence electrons. The van der Waals surface area contributed by atoms with Crippen molar-refractivity contribution in [2.75, 3.05) is 0 Å². The van der Waals surface area contributed by atoms with Gasteiger partial charge in [-0.25, -0.2) is 4.85 Å². The molecule has 3 aromatic heterocycles. The first kappa shape index (κ1) is 29.4. The Bertz CT molecular complexity index is 3240. The molecule has 0 N–H and O–H groups in total. The van der Waals surface area contributed by atoms with Gasteiger partial charge in [0.25, 0.3) is 0 Å². The maximum atomic E-state index is 7.72. The van der Waals surface area contributed by atoms with Crippen LogP contribution in [0.3, 0.4) is 0 Å². The fourth-order valence-corrected chi connectivity index (χ4v) is 8.41. The lowest BCUT2D eigenvalue weighted by molar-refractivity contribution is 0.671. The molecule has 11 rings (SSSR count). The van der Waals surface area contributed by atoms with Gasteiger partial charge in [0.05, 0.1) is 34.3 Å². The minimum Gasteiger partial charge on any atom is -0.454 e. The molecule has 3 heterocycles. The molecule has 0 spiro atoms. The highest BCUT2D eigenvalue weighted by Crippen LogP contribution is 2.43. The van der Waals surface area contributed by atoms with Crippen LogP contribution in [-0.2, 0) is 0 Å². The van der Waals surface area contributed by atoms with Crippen LogP contribution in [-0.4, -0.2) is 9.13 Å². The van der Waals surface area contributed by atoms with Crippen molar-refractivity contribution >= 4 is 71.2 Å². The van der Waals surface area contributed by atoms with Gasteiger partial charge in [-0.2, -0.15) is 0 Å². The van der Waals surface area contributed by atoms with E-state index in [0.717, 1.165) is 83.0 Å². The molecule has 4 nitrogen and oxygen atoms in total. The molecular formula is C49H29N3O. The number of rotatable bonds is 4. The Balaban J connectivity index is 1.22. The minimum atomic E-state index is 0.653. The third-order valence-corrected chi connectivity index (χ3v) is 10.8. The van der Waals surface area contributed by atoms with E-state index in [2.05, 4.69) is 160 Å². The summed E-state index contributed by atoms with van der Waals surface area (Å²) >= 11 is 0. The normalized spacial score (nSPS) is 11.8. The van der Waals surface area contributed by atoms with Crippen LogP contribution in [0.25, 0.3) is 104 Å². The lowest BCUT2D eigenvalue weighted by atomic mass is 9.98. The van der Waals surface area contributed by atoms with Gasteiger partial charge in [0, 0.05) is 43.6 Å². The molecule has 0 bridgehead atoms. The average Bonchev–Trinajstić information content (AvgIpc) is 3.89. The summed E-state index contributed by atoms with van der Waals surface area (Å²) in [5.41, 5.74) is 13.2. The van der Waals surface area contributed by atoms with Crippen LogP contribution in [0, 0.1) is 6.57 Å². The van der Waals surface area contributed by atoms with Crippen LogP contribution < -0.4 is 0 Å². The van der Waals surface area contributed by atoms with Gasteiger partial charge in [-0.15, -0.1) is 0 Å². The minimum absolute atomic E-state index is 0.653. The summed E-state index contributed by atoms with van der Waals surface area (Å²) in [5.74, 6) is 0. The van der Waals surface area contributed by atoms with E-state index in [1.807, 2.05) is 30.3 Å². The smallest absolute Gasteiger partial charge is 0.194 e. The highest BCUT2D eigenvalue weighted by molar-refractivity contribution is 6.21. The molecule has 4 heteroatoms. The molecule has 0 atom stereocenters. The number of hydrogen-bond donors (Lipinski definition) is 0. The summed E-state index contributed by atoms with van der Waals surface area (Å²) in [6, 6.07) is 62.0. The van der Waals surface area contributed by atoms with Crippen molar-refractivity contribution in [1.82, 2.24) is 9.13 Å². The second kappa shape index (κ2) is 11.3. The highest BCUT2D eigenvalue weighted by Gasteiger charge is 2.21. The van der Waals surface area contributed by atoms with Crippen molar-refractivity contribution in [3.63, 3.8) is 0 Å². The number of benzene rings is 8. The number of fused-ring (bicyclic) bond motifs is 10. The van der Waals surface area contributed by atoms with Crippen LogP contribution in [0.15, 0.2) is 180 Å². The van der Waals surface area contributed by atoms with Crippen LogP contribution in [0.5, 0.6) is 0 Å². The summed E-state index contributed by atoms with van der Waals surface area (Å²) in [7, 11) is 0. The summed E-state index contributed by atoms with van der Waals surface area (Å²) in [6.07, 6.45) is 0. The first-order chi connectivity index (χ1) is 26.3. The van der Waals surface area contributed by atoms with E-state index in [0.29, 0.717) is 5.69 Å². The number of furan rings is 1. The van der Waals surface area contributed by atoms with Crippen molar-refractivity contribution in [3.05, 3.63) is 187 Å². The Morgan fingerprint density at radius 1 is 0.434 bits per heavy atom. The molecule has 0 aliphatic heterocycles. The molecule has 0 saturated carbocycles. The zero-order valence-electron chi connectivity index (χ0n) is 28.5. The third kappa shape index (κ3) is 4.29. The van der Waals surface area contributed by atoms with Crippen LogP contribution in [0.4, 0.5) is 5.69 Å². The van der Waals surface area contributed by atoms with Gasteiger partial charge in [-0.05, 0) is 59.2 Å². The van der Waals surface area contributed by atoms with Gasteiger partial charge in [0.2, 0.25) is 0 Å². The van der Waals surface area contributed by atoms with Crippen molar-refractivity contribution in [1.29, 1.82) is 0 Å². The Hall–Kier alpha value is -7.35. The van der Waals surface area contributed by atoms with Crippen LogP contribution >= 0.6 is 0 Å². The molecular weight excluding hydrogens is 647 g/mol. The zero-order valence-corrected chi connectivity index (χ0v) is 28.5. The molecule has 0 saturated heterocycles. The predicted molar refractivity (Wildman–Crippen MR) is 220 cm³/mol. The zero-order chi connectivity index (χ0) is 35.0. The van der Waals surface area contributed by atoms with Gasteiger partial charge >= 0.3 is 0 Å². The summed E-state index contributed by atoms with van der Waals surface area (Å²) < 4.78 is 11.5. The largest absolute Gasteiger partial charge is 0.454 e. The summed E-state index contributed by atoms with van der Waals surface area (Å²) in [5, 5.41) is 6.99. The van der Waals surface area contributed by atoms with Crippen LogP contribution in [0.2, 0.25) is 0 Å². The SMILES string of the molecule is [C-]#[N+]c1ccccc1-c1ccc(-c2ccc(-n3c4ccccc4c4ccc5c6ccccc6oc5c43)cc2-n2c3ccccc3c3ccccc32)cc1. The van der Waals surface area contributed by atoms with Gasteiger partial charge in [0.15, 0.2) is 11.3 Å². The lowest BCUT2D eigenvalue weighted by Crippen LogP contribution is -2.01. The monoisotopic (exact) mass is 675 g/mol. The first-order valence-corrected chi connectivity index (χ1v) is 17.8. The van der Waals surface area contributed by atoms with E-state index < -0.39 is 0 Å². The quantitative estimate of drug-likeness (QED) is 0.171. The molecule has 0 aliphatic carbocycles. The molecule has 0 aliphatic rings. The Morgan fingerprint density at radius 2 is 0.981 bits per heavy atom. The van der Waals surface area contributed by atoms with Crippen molar-refractivity contribution < 1.29 is 4.42 Å². The first-order valence-electron chi connectivity index (χ1n) is 17.8. The molecule has 0 unspecified atom stereocenters. The number of nitrogens with zero attached hydrogens (tertiary/aromatic N) is 3. The summed E-state index contributed by atoms with van der Waals surface area (Å²) in [6.45, 7) is 7.72. The highest BCUT2D eigenvalue weighted by atomic mass is 16.3. The van der Waals surface area contributed by atoms with E-state index >= 15 is 0 Å². The fourth-order valence-electron chi connectivity index (χ4n) is 8.41. The van der Waals surface area contributed by atoms with E-state index in [4.69, 9.17) is 11.0 Å². The topological polar surface area (TPSA) is 27.4 Å². The molecule has 11 aromatic rings. The Kier molecular flexibility index (Phi) is 6.28. The fraction of sp³-hybridized carbons (Fsp3) is 0. The number of para-hydroxylation sites is 5. The van der Waals surface area contributed by atoms with Crippen molar-refractivity contribution in [2.24, 2.45) is 0 Å². The Labute approximate surface area is 304 Å². The van der Waals surface area contributed by atoms with Crippen molar-refractivity contribution in [2.45, 2.75) is 0 Å². The van der Waals surface area contributed by atoms with Gasteiger partial charge in [-0.1, -0.05) is 133 Å². The molecule has 53 heavy (non-hydrogen) atoms. The predicted octanol–water partition coefficient (Wildman–Crippen LogP) is 13.7. The van der Waals surface area contributed by atoms with Gasteiger partial charge in [-0.3, -0.25) is 0 Å². The standard InChI is InChI=1S/C49H29N3O/c1-50-42-17-7-2-12-34(42)31-22-24-32(25-23-31)35-27-26-33(30-46(35)52-44-19-9-3-13-36(44)37-14-4-10-20-45(37)52)51-43-18-8-5-15-38(43)40-28-29-41-39-16-6-11-21-47(39)53-49(41)48(40)51/h2-30H. The molecule has 8 aromatic carbocycles. The second-order valence-electron chi connectivity index (χ2n) is 13.6.